The molecule has 0 saturated carbocycles. The van der Waals surface area contributed by atoms with E-state index >= 15 is 0 Å². The quantitative estimate of drug-likeness (QED) is 0.729. The summed E-state index contributed by atoms with van der Waals surface area (Å²) in [4.78, 5) is 9.17. The molecule has 0 fully saturated rings. The summed E-state index contributed by atoms with van der Waals surface area (Å²) in [6.45, 7) is 2.13. The lowest BCUT2D eigenvalue weighted by Crippen LogP contribution is -2.03. The molecule has 6 heteroatoms. The van der Waals surface area contributed by atoms with Crippen LogP contribution in [-0.4, -0.2) is 17.0 Å². The molecule has 1 heterocycles. The maximum atomic E-state index is 6.14. The molecule has 0 aliphatic carbocycles. The number of halogens is 3. The van der Waals surface area contributed by atoms with Crippen LogP contribution in [0.5, 0.6) is 0 Å². The van der Waals surface area contributed by atoms with Crippen molar-refractivity contribution in [3.8, 4) is 11.4 Å². The van der Waals surface area contributed by atoms with Gasteiger partial charge >= 0.3 is 0 Å². The van der Waals surface area contributed by atoms with E-state index in [0.29, 0.717) is 10.8 Å². The van der Waals surface area contributed by atoms with Crippen LogP contribution in [0.1, 0.15) is 19.0 Å². The summed E-state index contributed by atoms with van der Waals surface area (Å²) >= 11 is 13.1. The van der Waals surface area contributed by atoms with Gasteiger partial charge in [0.15, 0.2) is 5.82 Å². The first-order valence-corrected chi connectivity index (χ1v) is 8.22. The first-order chi connectivity index (χ1) is 9.56. The van der Waals surface area contributed by atoms with Crippen molar-refractivity contribution in [2.45, 2.75) is 19.8 Å². The minimum Gasteiger partial charge on any atom is -0.372 e. The van der Waals surface area contributed by atoms with Crippen molar-refractivity contribution in [1.29, 1.82) is 0 Å². The summed E-state index contributed by atoms with van der Waals surface area (Å²) in [6.07, 6.45) is 1.92. The molecule has 0 aliphatic rings. The molecule has 1 N–H and O–H groups in total. The third-order valence-corrected chi connectivity index (χ3v) is 4.89. The smallest absolute Gasteiger partial charge is 0.161 e. The Hall–Kier alpha value is -0.650. The van der Waals surface area contributed by atoms with Crippen molar-refractivity contribution in [2.75, 3.05) is 12.4 Å². The van der Waals surface area contributed by atoms with Crippen LogP contribution in [0.2, 0.25) is 5.02 Å². The molecule has 0 atom stereocenters. The zero-order chi connectivity index (χ0) is 14.7. The Morgan fingerprint density at radius 1 is 1.25 bits per heavy atom. The predicted octanol–water partition coefficient (Wildman–Crippen LogP) is 5.32. The highest BCUT2D eigenvalue weighted by Crippen LogP contribution is 2.31. The molecule has 0 amide bonds. The second-order valence-corrected chi connectivity index (χ2v) is 6.34. The van der Waals surface area contributed by atoms with Gasteiger partial charge < -0.3 is 5.32 Å². The van der Waals surface area contributed by atoms with E-state index in [1.54, 1.807) is 0 Å². The highest BCUT2D eigenvalue weighted by Gasteiger charge is 2.13. The van der Waals surface area contributed by atoms with Gasteiger partial charge in [-0.15, -0.1) is 0 Å². The van der Waals surface area contributed by atoms with E-state index in [-0.39, 0.29) is 0 Å². The number of anilines is 1. The minimum absolute atomic E-state index is 0.650. The van der Waals surface area contributed by atoms with E-state index < -0.39 is 0 Å². The standard InChI is InChI=1S/C14H14Br2ClN3/c1-3-4-11-12(16)14(18-2)20-13(19-11)8-5-6-9(15)10(17)7-8/h5-7H,3-4H2,1-2H3,(H,18,19,20). The molecular weight excluding hydrogens is 405 g/mol. The average molecular weight is 420 g/mol. The van der Waals surface area contributed by atoms with Crippen LogP contribution in [0.15, 0.2) is 27.1 Å². The van der Waals surface area contributed by atoms with Crippen molar-refractivity contribution < 1.29 is 0 Å². The van der Waals surface area contributed by atoms with Crippen molar-refractivity contribution in [1.82, 2.24) is 9.97 Å². The van der Waals surface area contributed by atoms with Crippen LogP contribution < -0.4 is 5.32 Å². The van der Waals surface area contributed by atoms with E-state index in [1.165, 1.54) is 0 Å². The fourth-order valence-electron chi connectivity index (χ4n) is 1.83. The lowest BCUT2D eigenvalue weighted by molar-refractivity contribution is 0.869. The van der Waals surface area contributed by atoms with Gasteiger partial charge in [0.1, 0.15) is 5.82 Å². The molecule has 1 aromatic heterocycles. The van der Waals surface area contributed by atoms with E-state index in [0.717, 1.165) is 38.9 Å². The Morgan fingerprint density at radius 2 is 2.00 bits per heavy atom. The molecular formula is C14H14Br2ClN3. The summed E-state index contributed by atoms with van der Waals surface area (Å²) in [5.74, 6) is 1.47. The number of hydrogen-bond acceptors (Lipinski definition) is 3. The summed E-state index contributed by atoms with van der Waals surface area (Å²) in [5, 5.41) is 3.74. The Morgan fingerprint density at radius 3 is 2.60 bits per heavy atom. The number of aromatic nitrogens is 2. The van der Waals surface area contributed by atoms with Crippen LogP contribution >= 0.6 is 43.5 Å². The summed E-state index contributed by atoms with van der Waals surface area (Å²) < 4.78 is 1.79. The monoisotopic (exact) mass is 417 g/mol. The highest BCUT2D eigenvalue weighted by atomic mass is 79.9. The first kappa shape index (κ1) is 15.7. The van der Waals surface area contributed by atoms with E-state index in [4.69, 9.17) is 11.6 Å². The lowest BCUT2D eigenvalue weighted by atomic mass is 10.2. The van der Waals surface area contributed by atoms with Gasteiger partial charge in [-0.3, -0.25) is 0 Å². The van der Waals surface area contributed by atoms with Crippen molar-refractivity contribution in [2.24, 2.45) is 0 Å². The molecule has 0 unspecified atom stereocenters. The molecule has 0 bridgehead atoms. The van der Waals surface area contributed by atoms with Gasteiger partial charge in [-0.2, -0.15) is 0 Å². The van der Waals surface area contributed by atoms with Crippen LogP contribution in [0.4, 0.5) is 5.82 Å². The van der Waals surface area contributed by atoms with Gasteiger partial charge in [0.2, 0.25) is 0 Å². The Kier molecular flexibility index (Phi) is 5.41. The van der Waals surface area contributed by atoms with Crippen LogP contribution in [0.25, 0.3) is 11.4 Å². The fraction of sp³-hybridized carbons (Fsp3) is 0.286. The molecule has 0 saturated heterocycles. The van der Waals surface area contributed by atoms with E-state index in [9.17, 15) is 0 Å². The van der Waals surface area contributed by atoms with Crippen molar-refractivity contribution in [3.05, 3.63) is 37.9 Å². The Balaban J connectivity index is 2.55. The maximum Gasteiger partial charge on any atom is 0.161 e. The first-order valence-electron chi connectivity index (χ1n) is 6.26. The molecule has 106 valence electrons. The highest BCUT2D eigenvalue weighted by molar-refractivity contribution is 9.11. The summed E-state index contributed by atoms with van der Waals surface area (Å²) in [5.41, 5.74) is 1.90. The maximum absolute atomic E-state index is 6.14. The van der Waals surface area contributed by atoms with Gasteiger partial charge in [-0.25, -0.2) is 9.97 Å². The second-order valence-electron chi connectivity index (χ2n) is 4.29. The molecule has 0 radical (unpaired) electrons. The van der Waals surface area contributed by atoms with Crippen LogP contribution in [-0.2, 0) is 6.42 Å². The zero-order valence-electron chi connectivity index (χ0n) is 11.2. The van der Waals surface area contributed by atoms with Gasteiger partial charge in [-0.1, -0.05) is 24.9 Å². The molecule has 1 aromatic carbocycles. The lowest BCUT2D eigenvalue weighted by Gasteiger charge is -2.11. The second kappa shape index (κ2) is 6.87. The van der Waals surface area contributed by atoms with Crippen LogP contribution in [0.3, 0.4) is 0 Å². The van der Waals surface area contributed by atoms with Gasteiger partial charge in [0, 0.05) is 17.1 Å². The SMILES string of the molecule is CCCc1nc(-c2ccc(Br)c(Cl)c2)nc(NC)c1Br. The van der Waals surface area contributed by atoms with Crippen molar-refractivity contribution >= 4 is 49.3 Å². The number of rotatable bonds is 4. The number of hydrogen-bond donors (Lipinski definition) is 1. The number of benzene rings is 1. The fourth-order valence-corrected chi connectivity index (χ4v) is 2.83. The van der Waals surface area contributed by atoms with Gasteiger partial charge in [0.05, 0.1) is 15.2 Å². The van der Waals surface area contributed by atoms with Gasteiger partial charge in [0.25, 0.3) is 0 Å². The normalized spacial score (nSPS) is 10.7. The molecule has 3 nitrogen and oxygen atoms in total. The molecule has 20 heavy (non-hydrogen) atoms. The largest absolute Gasteiger partial charge is 0.372 e. The number of aryl methyl sites for hydroxylation is 1. The average Bonchev–Trinajstić information content (AvgIpc) is 2.44. The minimum atomic E-state index is 0.650. The third kappa shape index (κ3) is 3.32. The van der Waals surface area contributed by atoms with Crippen molar-refractivity contribution in [3.63, 3.8) is 0 Å². The topological polar surface area (TPSA) is 37.8 Å². The number of nitrogens with one attached hydrogen (secondary N) is 1. The Labute approximate surface area is 140 Å². The Bertz CT molecular complexity index is 632. The summed E-state index contributed by atoms with van der Waals surface area (Å²) in [6, 6.07) is 5.72. The molecule has 0 aliphatic heterocycles. The zero-order valence-corrected chi connectivity index (χ0v) is 15.1. The number of nitrogens with zero attached hydrogens (tertiary/aromatic N) is 2. The van der Waals surface area contributed by atoms with E-state index in [1.807, 2.05) is 25.2 Å². The molecule has 2 rings (SSSR count). The van der Waals surface area contributed by atoms with Gasteiger partial charge in [-0.05, 0) is 56.5 Å². The summed E-state index contributed by atoms with van der Waals surface area (Å²) in [7, 11) is 1.85. The molecule has 0 spiro atoms. The van der Waals surface area contributed by atoms with Crippen LogP contribution in [0, 0.1) is 0 Å². The third-order valence-electron chi connectivity index (χ3n) is 2.82. The van der Waals surface area contributed by atoms with E-state index in [2.05, 4.69) is 54.1 Å². The predicted molar refractivity (Wildman–Crippen MR) is 91.4 cm³/mol. The molecule has 2 aromatic rings.